The number of alkyl halides is 5. The zero-order chi connectivity index (χ0) is 13.3. The number of hydrogen-bond donors (Lipinski definition) is 1. The third-order valence-electron chi connectivity index (χ3n) is 2.25. The summed E-state index contributed by atoms with van der Waals surface area (Å²) in [5.41, 5.74) is 4.32. The maximum atomic E-state index is 13.2. The fourth-order valence-electron chi connectivity index (χ4n) is 1.50. The van der Waals surface area contributed by atoms with Crippen LogP contribution in [0.3, 0.4) is 0 Å². The normalized spacial score (nSPS) is 14.8. The molecule has 0 aliphatic rings. The van der Waals surface area contributed by atoms with E-state index in [1.165, 1.54) is 12.1 Å². The maximum absolute atomic E-state index is 13.2. The first-order chi connectivity index (χ1) is 7.66. The van der Waals surface area contributed by atoms with Crippen molar-refractivity contribution in [3.63, 3.8) is 0 Å². The second-order valence-electron chi connectivity index (χ2n) is 3.91. The monoisotopic (exact) mass is 253 g/mol. The van der Waals surface area contributed by atoms with Crippen molar-refractivity contribution < 1.29 is 22.0 Å². The van der Waals surface area contributed by atoms with Gasteiger partial charge in [0.05, 0.1) is 0 Å². The summed E-state index contributed by atoms with van der Waals surface area (Å²) in [7, 11) is 0. The molecule has 6 heteroatoms. The highest BCUT2D eigenvalue weighted by Gasteiger charge is 2.59. The number of hydrogen-bond acceptors (Lipinski definition) is 1. The molecule has 0 aliphatic heterocycles. The summed E-state index contributed by atoms with van der Waals surface area (Å²) >= 11 is 0. The third kappa shape index (κ3) is 2.94. The summed E-state index contributed by atoms with van der Waals surface area (Å²) in [4.78, 5) is 0. The largest absolute Gasteiger partial charge is 0.458 e. The van der Waals surface area contributed by atoms with Crippen molar-refractivity contribution in [1.29, 1.82) is 0 Å². The SMILES string of the molecule is CC(N)Cc1ccccc1C(F)(F)C(F)(F)F. The second-order valence-corrected chi connectivity index (χ2v) is 3.91. The predicted octanol–water partition coefficient (Wildman–Crippen LogP) is 3.23. The fourth-order valence-corrected chi connectivity index (χ4v) is 1.50. The zero-order valence-corrected chi connectivity index (χ0v) is 9.06. The number of benzene rings is 1. The fraction of sp³-hybridized carbons (Fsp3) is 0.455. The van der Waals surface area contributed by atoms with Crippen molar-refractivity contribution in [2.75, 3.05) is 0 Å². The summed E-state index contributed by atoms with van der Waals surface area (Å²) in [6, 6.07) is 4.09. The van der Waals surface area contributed by atoms with E-state index in [1.54, 1.807) is 6.92 Å². The van der Waals surface area contributed by atoms with Gasteiger partial charge in [0, 0.05) is 11.6 Å². The molecule has 1 atom stereocenters. The molecule has 0 saturated carbocycles. The zero-order valence-electron chi connectivity index (χ0n) is 9.06. The van der Waals surface area contributed by atoms with Gasteiger partial charge in [0.1, 0.15) is 0 Å². The van der Waals surface area contributed by atoms with Crippen LogP contribution in [0.5, 0.6) is 0 Å². The molecule has 0 bridgehead atoms. The van der Waals surface area contributed by atoms with Crippen LogP contribution in [0.1, 0.15) is 18.1 Å². The Balaban J connectivity index is 3.22. The minimum atomic E-state index is -5.60. The molecule has 1 nitrogen and oxygen atoms in total. The molecule has 0 saturated heterocycles. The van der Waals surface area contributed by atoms with E-state index in [-0.39, 0.29) is 12.0 Å². The van der Waals surface area contributed by atoms with Gasteiger partial charge in [-0.15, -0.1) is 0 Å². The lowest BCUT2D eigenvalue weighted by Crippen LogP contribution is -2.35. The van der Waals surface area contributed by atoms with Crippen LogP contribution in [0.2, 0.25) is 0 Å². The van der Waals surface area contributed by atoms with E-state index in [9.17, 15) is 22.0 Å². The molecule has 0 fully saturated rings. The first-order valence-electron chi connectivity index (χ1n) is 4.94. The number of halogens is 5. The van der Waals surface area contributed by atoms with E-state index in [0.29, 0.717) is 0 Å². The number of rotatable bonds is 3. The topological polar surface area (TPSA) is 26.0 Å². The Morgan fingerprint density at radius 1 is 1.12 bits per heavy atom. The summed E-state index contributed by atoms with van der Waals surface area (Å²) < 4.78 is 63.2. The molecule has 96 valence electrons. The molecule has 1 unspecified atom stereocenters. The molecule has 0 amide bonds. The summed E-state index contributed by atoms with van der Waals surface area (Å²) in [5.74, 6) is -4.85. The molecular weight excluding hydrogens is 241 g/mol. The Morgan fingerprint density at radius 2 is 1.65 bits per heavy atom. The van der Waals surface area contributed by atoms with Gasteiger partial charge in [-0.2, -0.15) is 22.0 Å². The summed E-state index contributed by atoms with van der Waals surface area (Å²) in [6.45, 7) is 1.54. The molecule has 0 radical (unpaired) electrons. The highest BCUT2D eigenvalue weighted by molar-refractivity contribution is 5.32. The Morgan fingerprint density at radius 3 is 2.12 bits per heavy atom. The average molecular weight is 253 g/mol. The van der Waals surface area contributed by atoms with Gasteiger partial charge >= 0.3 is 12.1 Å². The highest BCUT2D eigenvalue weighted by Crippen LogP contribution is 2.45. The van der Waals surface area contributed by atoms with E-state index in [0.717, 1.165) is 12.1 Å². The van der Waals surface area contributed by atoms with Gasteiger partial charge in [0.25, 0.3) is 0 Å². The molecule has 0 heterocycles. The van der Waals surface area contributed by atoms with Gasteiger partial charge in [-0.1, -0.05) is 24.3 Å². The Labute approximate surface area is 95.4 Å². The van der Waals surface area contributed by atoms with Gasteiger partial charge in [0.2, 0.25) is 0 Å². The van der Waals surface area contributed by atoms with Crippen LogP contribution in [0.25, 0.3) is 0 Å². The summed E-state index contributed by atoms with van der Waals surface area (Å²) in [5, 5.41) is 0. The smallest absolute Gasteiger partial charge is 0.328 e. The first-order valence-corrected chi connectivity index (χ1v) is 4.94. The van der Waals surface area contributed by atoms with Crippen LogP contribution in [-0.2, 0) is 12.3 Å². The lowest BCUT2D eigenvalue weighted by molar-refractivity contribution is -0.289. The molecule has 1 aromatic carbocycles. The molecule has 0 spiro atoms. The van der Waals surface area contributed by atoms with Crippen molar-refractivity contribution in [2.24, 2.45) is 5.73 Å². The Bertz CT molecular complexity index is 384. The van der Waals surface area contributed by atoms with Gasteiger partial charge < -0.3 is 5.73 Å². The molecule has 1 aromatic rings. The molecule has 0 aliphatic carbocycles. The van der Waals surface area contributed by atoms with Gasteiger partial charge in [-0.25, -0.2) is 0 Å². The summed E-state index contributed by atoms with van der Waals surface area (Å²) in [6.07, 6.45) is -5.62. The average Bonchev–Trinajstić information content (AvgIpc) is 2.15. The minimum absolute atomic E-state index is 0.0259. The van der Waals surface area contributed by atoms with Crippen LogP contribution in [0.15, 0.2) is 24.3 Å². The van der Waals surface area contributed by atoms with Crippen molar-refractivity contribution in [1.82, 2.24) is 0 Å². The Kier molecular flexibility index (Phi) is 3.76. The third-order valence-corrected chi connectivity index (χ3v) is 2.25. The predicted molar refractivity (Wildman–Crippen MR) is 53.7 cm³/mol. The molecule has 0 aromatic heterocycles. The lowest BCUT2D eigenvalue weighted by atomic mass is 9.96. The van der Waals surface area contributed by atoms with E-state index < -0.39 is 23.7 Å². The van der Waals surface area contributed by atoms with Crippen LogP contribution < -0.4 is 5.73 Å². The van der Waals surface area contributed by atoms with E-state index in [4.69, 9.17) is 5.73 Å². The Hall–Kier alpha value is -1.17. The maximum Gasteiger partial charge on any atom is 0.458 e. The van der Waals surface area contributed by atoms with Crippen LogP contribution in [-0.4, -0.2) is 12.2 Å². The van der Waals surface area contributed by atoms with Crippen molar-refractivity contribution in [3.05, 3.63) is 35.4 Å². The lowest BCUT2D eigenvalue weighted by Gasteiger charge is -2.23. The number of nitrogens with two attached hydrogens (primary N) is 1. The van der Waals surface area contributed by atoms with Gasteiger partial charge in [0.15, 0.2) is 0 Å². The van der Waals surface area contributed by atoms with Gasteiger partial charge in [-0.05, 0) is 18.9 Å². The minimum Gasteiger partial charge on any atom is -0.328 e. The highest BCUT2D eigenvalue weighted by atomic mass is 19.4. The molecule has 1 rings (SSSR count). The van der Waals surface area contributed by atoms with Crippen molar-refractivity contribution >= 4 is 0 Å². The van der Waals surface area contributed by atoms with Crippen LogP contribution in [0.4, 0.5) is 22.0 Å². The quantitative estimate of drug-likeness (QED) is 0.822. The van der Waals surface area contributed by atoms with Crippen LogP contribution >= 0.6 is 0 Å². The standard InChI is InChI=1S/C11H12F5N/c1-7(17)6-8-4-2-3-5-9(8)10(12,13)11(14,15)16/h2-5,7H,6,17H2,1H3. The van der Waals surface area contributed by atoms with E-state index in [2.05, 4.69) is 0 Å². The van der Waals surface area contributed by atoms with Gasteiger partial charge in [-0.3, -0.25) is 0 Å². The molecule has 2 N–H and O–H groups in total. The van der Waals surface area contributed by atoms with E-state index >= 15 is 0 Å². The van der Waals surface area contributed by atoms with E-state index in [1.807, 2.05) is 0 Å². The molecular formula is C11H12F5N. The van der Waals surface area contributed by atoms with Crippen LogP contribution in [0, 0.1) is 0 Å². The second kappa shape index (κ2) is 4.60. The van der Waals surface area contributed by atoms with Crippen molar-refractivity contribution in [3.8, 4) is 0 Å². The molecule has 17 heavy (non-hydrogen) atoms. The van der Waals surface area contributed by atoms with Crippen molar-refractivity contribution in [2.45, 2.75) is 31.5 Å². The first kappa shape index (κ1) is 13.9.